The summed E-state index contributed by atoms with van der Waals surface area (Å²) in [5, 5.41) is 0. The topological polar surface area (TPSA) is 9.23 Å². The molecule has 90 valence electrons. The fraction of sp³-hybridized carbons (Fsp3) is 1.00. The third-order valence-electron chi connectivity index (χ3n) is 3.99. The maximum atomic E-state index is 5.80. The van der Waals surface area contributed by atoms with Crippen molar-refractivity contribution in [3.63, 3.8) is 0 Å². The van der Waals surface area contributed by atoms with E-state index in [0.29, 0.717) is 6.92 Å². The molecule has 0 bridgehead atoms. The van der Waals surface area contributed by atoms with Gasteiger partial charge in [0.05, 0.1) is 0 Å². The Kier molecular flexibility index (Phi) is 5.35. The lowest BCUT2D eigenvalue weighted by Gasteiger charge is -2.37. The van der Waals surface area contributed by atoms with Crippen LogP contribution in [-0.2, 0) is 4.65 Å². The van der Waals surface area contributed by atoms with Gasteiger partial charge in [0.2, 0.25) is 0 Å². The van der Waals surface area contributed by atoms with E-state index in [1.54, 1.807) is 0 Å². The molecule has 0 spiro atoms. The maximum Gasteiger partial charge on any atom is 0.293 e. The molecule has 0 fully saturated rings. The Balaban J connectivity index is 4.78. The third-order valence-corrected chi connectivity index (χ3v) is 10.1. The van der Waals surface area contributed by atoms with E-state index in [2.05, 4.69) is 53.1 Å². The molecule has 0 radical (unpaired) electrons. The van der Waals surface area contributed by atoms with Gasteiger partial charge in [-0.1, -0.05) is 53.1 Å². The molecule has 0 aliphatic rings. The second-order valence-electron chi connectivity index (χ2n) is 7.01. The molecule has 0 saturated carbocycles. The van der Waals surface area contributed by atoms with Crippen molar-refractivity contribution in [1.82, 2.24) is 0 Å². The molecule has 15 heavy (non-hydrogen) atoms. The second-order valence-corrected chi connectivity index (χ2v) is 18.3. The van der Waals surface area contributed by atoms with Gasteiger partial charge >= 0.3 is 0 Å². The van der Waals surface area contributed by atoms with Crippen LogP contribution in [0.25, 0.3) is 0 Å². The predicted molar refractivity (Wildman–Crippen MR) is 78.3 cm³/mol. The molecular formula is C11H29BOSi2. The normalized spacial score (nSPS) is 17.4. The van der Waals surface area contributed by atoms with Gasteiger partial charge in [0.1, 0.15) is 0 Å². The van der Waals surface area contributed by atoms with Crippen LogP contribution in [0.1, 0.15) is 13.8 Å². The van der Waals surface area contributed by atoms with Crippen molar-refractivity contribution in [3.8, 4) is 0 Å². The molecular weight excluding hydrogens is 215 g/mol. The lowest BCUT2D eigenvalue weighted by Crippen LogP contribution is -2.47. The van der Waals surface area contributed by atoms with Crippen molar-refractivity contribution in [2.75, 3.05) is 7.11 Å². The average molecular weight is 244 g/mol. The van der Waals surface area contributed by atoms with E-state index in [1.807, 2.05) is 7.11 Å². The van der Waals surface area contributed by atoms with Crippen LogP contribution in [0.15, 0.2) is 0 Å². The highest BCUT2D eigenvalue weighted by Crippen LogP contribution is 2.35. The first-order chi connectivity index (χ1) is 6.51. The van der Waals surface area contributed by atoms with Crippen LogP contribution in [0.4, 0.5) is 0 Å². The van der Waals surface area contributed by atoms with E-state index in [-0.39, 0.29) is 0 Å². The van der Waals surface area contributed by atoms with Crippen LogP contribution in [0.2, 0.25) is 50.2 Å². The van der Waals surface area contributed by atoms with E-state index in [0.717, 1.165) is 10.9 Å². The van der Waals surface area contributed by atoms with Gasteiger partial charge in [-0.25, -0.2) is 0 Å². The average Bonchev–Trinajstić information content (AvgIpc) is 2.01. The Morgan fingerprint density at radius 3 is 1.20 bits per heavy atom. The lowest BCUT2D eigenvalue weighted by molar-refractivity contribution is 0.412. The summed E-state index contributed by atoms with van der Waals surface area (Å²) in [6, 6.07) is 0. The minimum atomic E-state index is -1.09. The molecule has 0 unspecified atom stereocenters. The molecule has 0 aromatic carbocycles. The number of hydrogen-bond acceptors (Lipinski definition) is 1. The summed E-state index contributed by atoms with van der Waals surface area (Å²) >= 11 is 0. The molecule has 0 aliphatic carbocycles. The highest BCUT2D eigenvalue weighted by Gasteiger charge is 2.41. The molecule has 0 N–H and O–H groups in total. The first kappa shape index (κ1) is 15.5. The van der Waals surface area contributed by atoms with Gasteiger partial charge < -0.3 is 4.65 Å². The monoisotopic (exact) mass is 244 g/mol. The van der Waals surface area contributed by atoms with Crippen molar-refractivity contribution in [2.45, 2.75) is 64.0 Å². The first-order valence-electron chi connectivity index (χ1n) is 6.04. The molecule has 0 rings (SSSR count). The molecule has 0 heterocycles. The van der Waals surface area contributed by atoms with Crippen molar-refractivity contribution in [3.05, 3.63) is 0 Å². The van der Waals surface area contributed by atoms with Gasteiger partial charge in [0, 0.05) is 23.3 Å². The van der Waals surface area contributed by atoms with Crippen molar-refractivity contribution >= 4 is 23.1 Å². The molecule has 0 saturated heterocycles. The minimum Gasteiger partial charge on any atom is -0.439 e. The minimum absolute atomic E-state index is 0.461. The first-order valence-corrected chi connectivity index (χ1v) is 13.2. The fourth-order valence-electron chi connectivity index (χ4n) is 1.83. The van der Waals surface area contributed by atoms with Crippen LogP contribution >= 0.6 is 0 Å². The van der Waals surface area contributed by atoms with Gasteiger partial charge in [-0.15, -0.1) is 0 Å². The molecule has 2 atom stereocenters. The summed E-state index contributed by atoms with van der Waals surface area (Å²) in [6.07, 6.45) is 0. The van der Waals surface area contributed by atoms with Crippen molar-refractivity contribution < 1.29 is 4.65 Å². The van der Waals surface area contributed by atoms with Gasteiger partial charge in [-0.3, -0.25) is 0 Å². The second kappa shape index (κ2) is 5.19. The van der Waals surface area contributed by atoms with Gasteiger partial charge in [0.25, 0.3) is 6.92 Å². The van der Waals surface area contributed by atoms with Crippen molar-refractivity contribution in [1.29, 1.82) is 0 Å². The Hall–Kier alpha value is 0.459. The van der Waals surface area contributed by atoms with Crippen LogP contribution in [-0.4, -0.2) is 30.2 Å². The predicted octanol–water partition coefficient (Wildman–Crippen LogP) is 4.16. The van der Waals surface area contributed by atoms with Crippen LogP contribution in [0.3, 0.4) is 0 Å². The zero-order valence-corrected chi connectivity index (χ0v) is 14.1. The zero-order valence-electron chi connectivity index (χ0n) is 12.1. The summed E-state index contributed by atoms with van der Waals surface area (Å²) in [7, 11) is -0.291. The molecule has 0 aromatic heterocycles. The Labute approximate surface area is 99.1 Å². The summed E-state index contributed by atoms with van der Waals surface area (Å²) in [6.45, 7) is 19.9. The van der Waals surface area contributed by atoms with Gasteiger partial charge in [-0.05, 0) is 10.9 Å². The number of hydrogen-bond donors (Lipinski definition) is 0. The molecule has 1 nitrogen and oxygen atoms in total. The Morgan fingerprint density at radius 2 is 1.07 bits per heavy atom. The molecule has 0 amide bonds. The fourth-order valence-corrected chi connectivity index (χ4v) is 4.84. The summed E-state index contributed by atoms with van der Waals surface area (Å²) in [5.74, 6) is 0. The summed E-state index contributed by atoms with van der Waals surface area (Å²) in [4.78, 5) is 0. The largest absolute Gasteiger partial charge is 0.439 e. The third kappa shape index (κ3) is 4.45. The van der Waals surface area contributed by atoms with E-state index < -0.39 is 16.1 Å². The van der Waals surface area contributed by atoms with E-state index in [1.165, 1.54) is 0 Å². The van der Waals surface area contributed by atoms with Crippen LogP contribution in [0, 0.1) is 0 Å². The standard InChI is InChI=1S/C11H29BOSi2/c1-10(14(4,5)6)12(13-3)11(2)15(7,8)9/h10-11H,1-9H3/t10-,11-/m1/s1. The highest BCUT2D eigenvalue weighted by molar-refractivity contribution is 6.95. The Bertz CT molecular complexity index is 176. The Morgan fingerprint density at radius 1 is 0.800 bits per heavy atom. The van der Waals surface area contributed by atoms with E-state index >= 15 is 0 Å². The maximum absolute atomic E-state index is 5.80. The molecule has 0 aromatic rings. The summed E-state index contributed by atoms with van der Waals surface area (Å²) < 4.78 is 5.80. The number of rotatable bonds is 5. The quantitative estimate of drug-likeness (QED) is 0.660. The van der Waals surface area contributed by atoms with E-state index in [9.17, 15) is 0 Å². The zero-order chi connectivity index (χ0) is 12.4. The van der Waals surface area contributed by atoms with Crippen LogP contribution in [0.5, 0.6) is 0 Å². The lowest BCUT2D eigenvalue weighted by atomic mass is 9.61. The van der Waals surface area contributed by atoms with Gasteiger partial charge in [0.15, 0.2) is 0 Å². The molecule has 4 heteroatoms. The van der Waals surface area contributed by atoms with Gasteiger partial charge in [-0.2, -0.15) is 0 Å². The SMILES string of the molecule is COB([C@@H](C)[Si](C)(C)C)[C@@H](C)[Si](C)(C)C. The highest BCUT2D eigenvalue weighted by atomic mass is 28.3. The van der Waals surface area contributed by atoms with Crippen LogP contribution < -0.4 is 0 Å². The van der Waals surface area contributed by atoms with E-state index in [4.69, 9.17) is 4.65 Å². The summed E-state index contributed by atoms with van der Waals surface area (Å²) in [5.41, 5.74) is 1.48. The smallest absolute Gasteiger partial charge is 0.293 e. The van der Waals surface area contributed by atoms with Crippen molar-refractivity contribution in [2.24, 2.45) is 0 Å². The molecule has 0 aliphatic heterocycles.